The lowest BCUT2D eigenvalue weighted by molar-refractivity contribution is -0.139. The van der Waals surface area contributed by atoms with E-state index in [9.17, 15) is 17.6 Å². The lowest BCUT2D eigenvalue weighted by atomic mass is 9.93. The van der Waals surface area contributed by atoms with Crippen molar-refractivity contribution in [2.45, 2.75) is 25.4 Å². The molecule has 1 aromatic rings. The summed E-state index contributed by atoms with van der Waals surface area (Å²) in [7, 11) is 0. The summed E-state index contributed by atoms with van der Waals surface area (Å²) < 4.78 is 59.4. The Morgan fingerprint density at radius 1 is 1.18 bits per heavy atom. The zero-order chi connectivity index (χ0) is 16.0. The number of hydrogen-bond donors (Lipinski definition) is 0. The largest absolute Gasteiger partial charge is 0.429 e. The molecular weight excluding hydrogens is 298 g/mol. The van der Waals surface area contributed by atoms with Crippen molar-refractivity contribution in [1.29, 1.82) is 5.26 Å². The van der Waals surface area contributed by atoms with Gasteiger partial charge >= 0.3 is 6.11 Å². The third-order valence-electron chi connectivity index (χ3n) is 3.95. The highest BCUT2D eigenvalue weighted by molar-refractivity contribution is 5.39. The van der Waals surface area contributed by atoms with Crippen LogP contribution in [0, 0.1) is 28.4 Å². The molecule has 1 spiro atoms. The standard InChI is InChI=1S/C16H11F4NO/c17-13-7-11(8-14(18)12(13)9-21)22-16(19,20)10-1-3-15(4-2-10)5-6-15/h1-3,7-8H,4-6H2. The van der Waals surface area contributed by atoms with Gasteiger partial charge in [0.1, 0.15) is 29.0 Å². The Labute approximate surface area is 124 Å². The molecule has 1 aromatic carbocycles. The molecule has 0 bridgehead atoms. The van der Waals surface area contributed by atoms with Gasteiger partial charge in [0.15, 0.2) is 0 Å². The summed E-state index contributed by atoms with van der Waals surface area (Å²) in [4.78, 5) is 0. The van der Waals surface area contributed by atoms with E-state index >= 15 is 0 Å². The van der Waals surface area contributed by atoms with E-state index in [1.165, 1.54) is 18.2 Å². The van der Waals surface area contributed by atoms with Crippen LogP contribution in [0.4, 0.5) is 17.6 Å². The number of halogens is 4. The molecule has 0 radical (unpaired) electrons. The minimum atomic E-state index is -3.69. The molecular formula is C16H11F4NO. The van der Waals surface area contributed by atoms with Gasteiger partial charge in [-0.25, -0.2) is 8.78 Å². The number of ether oxygens (including phenoxy) is 1. The van der Waals surface area contributed by atoms with Crippen molar-refractivity contribution in [3.8, 4) is 11.8 Å². The number of alkyl halides is 2. The fourth-order valence-electron chi connectivity index (χ4n) is 2.39. The van der Waals surface area contributed by atoms with Crippen molar-refractivity contribution in [1.82, 2.24) is 0 Å². The molecule has 0 aromatic heterocycles. The van der Waals surface area contributed by atoms with Crippen LogP contribution in [-0.4, -0.2) is 6.11 Å². The minimum Gasteiger partial charge on any atom is -0.429 e. The lowest BCUT2D eigenvalue weighted by Crippen LogP contribution is -2.28. The molecule has 22 heavy (non-hydrogen) atoms. The second-order valence-corrected chi connectivity index (χ2v) is 5.55. The van der Waals surface area contributed by atoms with Crippen LogP contribution in [0.5, 0.6) is 5.75 Å². The van der Waals surface area contributed by atoms with Crippen molar-refractivity contribution >= 4 is 0 Å². The molecule has 1 fully saturated rings. The summed E-state index contributed by atoms with van der Waals surface area (Å²) in [5.41, 5.74) is -1.15. The predicted octanol–water partition coefficient (Wildman–Crippen LogP) is 4.47. The quantitative estimate of drug-likeness (QED) is 0.772. The average Bonchev–Trinajstić information content (AvgIpc) is 3.17. The predicted molar refractivity (Wildman–Crippen MR) is 70.2 cm³/mol. The molecule has 2 aliphatic carbocycles. The molecule has 2 aliphatic rings. The topological polar surface area (TPSA) is 33.0 Å². The normalized spacial score (nSPS) is 18.8. The average molecular weight is 309 g/mol. The van der Waals surface area contributed by atoms with Crippen LogP contribution in [0.3, 0.4) is 0 Å². The lowest BCUT2D eigenvalue weighted by Gasteiger charge is -2.22. The summed E-state index contributed by atoms with van der Waals surface area (Å²) >= 11 is 0. The van der Waals surface area contributed by atoms with Crippen LogP contribution in [0.2, 0.25) is 0 Å². The van der Waals surface area contributed by atoms with Crippen molar-refractivity contribution in [2.24, 2.45) is 5.41 Å². The first kappa shape index (κ1) is 14.6. The molecule has 2 nitrogen and oxygen atoms in total. The first-order valence-corrected chi connectivity index (χ1v) is 6.71. The molecule has 1 saturated carbocycles. The first-order valence-electron chi connectivity index (χ1n) is 6.71. The van der Waals surface area contributed by atoms with Crippen molar-refractivity contribution in [3.05, 3.63) is 53.1 Å². The SMILES string of the molecule is N#Cc1c(F)cc(OC(F)(F)C2=CCC3(C=C2)CC3)cc1F. The van der Waals surface area contributed by atoms with Gasteiger partial charge in [-0.2, -0.15) is 14.0 Å². The van der Waals surface area contributed by atoms with E-state index in [1.807, 2.05) is 0 Å². The van der Waals surface area contributed by atoms with Gasteiger partial charge in [-0.3, -0.25) is 0 Å². The van der Waals surface area contributed by atoms with E-state index < -0.39 is 29.1 Å². The highest BCUT2D eigenvalue weighted by Gasteiger charge is 2.44. The Bertz CT molecular complexity index is 703. The van der Waals surface area contributed by atoms with Gasteiger partial charge in [0, 0.05) is 12.1 Å². The van der Waals surface area contributed by atoms with Crippen LogP contribution in [0.15, 0.2) is 35.9 Å². The zero-order valence-electron chi connectivity index (χ0n) is 11.4. The van der Waals surface area contributed by atoms with E-state index in [2.05, 4.69) is 4.74 Å². The molecule has 0 unspecified atom stereocenters. The van der Waals surface area contributed by atoms with Crippen LogP contribution in [0.1, 0.15) is 24.8 Å². The minimum absolute atomic E-state index is 0.0201. The molecule has 0 aliphatic heterocycles. The molecule has 114 valence electrons. The summed E-state index contributed by atoms with van der Waals surface area (Å²) in [5.74, 6) is -3.14. The fourth-order valence-corrected chi connectivity index (χ4v) is 2.39. The maximum atomic E-state index is 14.1. The first-order chi connectivity index (χ1) is 10.4. The van der Waals surface area contributed by atoms with Gasteiger partial charge in [-0.15, -0.1) is 0 Å². The van der Waals surface area contributed by atoms with Gasteiger partial charge in [0.25, 0.3) is 0 Å². The molecule has 0 atom stereocenters. The maximum Gasteiger partial charge on any atom is 0.426 e. The van der Waals surface area contributed by atoms with E-state index in [1.54, 1.807) is 6.08 Å². The Morgan fingerprint density at radius 2 is 1.82 bits per heavy atom. The maximum absolute atomic E-state index is 14.1. The number of nitriles is 1. The van der Waals surface area contributed by atoms with Gasteiger partial charge in [-0.1, -0.05) is 18.2 Å². The van der Waals surface area contributed by atoms with E-state index in [0.717, 1.165) is 12.8 Å². The van der Waals surface area contributed by atoms with Gasteiger partial charge in [-0.05, 0) is 24.7 Å². The second-order valence-electron chi connectivity index (χ2n) is 5.55. The summed E-state index contributed by atoms with van der Waals surface area (Å²) in [6, 6.07) is 2.47. The summed E-state index contributed by atoms with van der Waals surface area (Å²) in [5, 5.41) is 8.54. The number of allylic oxidation sites excluding steroid dienone is 2. The molecule has 3 rings (SSSR count). The van der Waals surface area contributed by atoms with Crippen LogP contribution in [0.25, 0.3) is 0 Å². The fraction of sp³-hybridized carbons (Fsp3) is 0.312. The third kappa shape index (κ3) is 2.59. The summed E-state index contributed by atoms with van der Waals surface area (Å²) in [6.45, 7) is 0. The number of rotatable bonds is 3. The van der Waals surface area contributed by atoms with Gasteiger partial charge in [0.2, 0.25) is 0 Å². The monoisotopic (exact) mass is 309 g/mol. The Morgan fingerprint density at radius 3 is 2.27 bits per heavy atom. The highest BCUT2D eigenvalue weighted by atomic mass is 19.3. The third-order valence-corrected chi connectivity index (χ3v) is 3.95. The van der Waals surface area contributed by atoms with E-state index in [0.29, 0.717) is 18.6 Å². The number of benzene rings is 1. The van der Waals surface area contributed by atoms with Crippen LogP contribution in [-0.2, 0) is 0 Å². The molecule has 0 amide bonds. The van der Waals surface area contributed by atoms with Crippen LogP contribution >= 0.6 is 0 Å². The highest BCUT2D eigenvalue weighted by Crippen LogP contribution is 2.53. The van der Waals surface area contributed by atoms with Crippen molar-refractivity contribution in [3.63, 3.8) is 0 Å². The van der Waals surface area contributed by atoms with E-state index in [4.69, 9.17) is 5.26 Å². The molecule has 6 heteroatoms. The Hall–Kier alpha value is -2.29. The Kier molecular flexibility index (Phi) is 3.24. The van der Waals surface area contributed by atoms with Crippen molar-refractivity contribution in [2.75, 3.05) is 0 Å². The van der Waals surface area contributed by atoms with Crippen molar-refractivity contribution < 1.29 is 22.3 Å². The van der Waals surface area contributed by atoms with Crippen LogP contribution < -0.4 is 4.74 Å². The second kappa shape index (κ2) is 4.87. The zero-order valence-corrected chi connectivity index (χ0v) is 11.4. The Balaban J connectivity index is 1.81. The number of nitrogens with zero attached hydrogens (tertiary/aromatic N) is 1. The van der Waals surface area contributed by atoms with Gasteiger partial charge < -0.3 is 4.74 Å². The van der Waals surface area contributed by atoms with Gasteiger partial charge in [0.05, 0.1) is 5.57 Å². The van der Waals surface area contributed by atoms with E-state index in [-0.39, 0.29) is 11.0 Å². The number of hydrogen-bond acceptors (Lipinski definition) is 2. The molecule has 0 heterocycles. The molecule has 0 saturated heterocycles. The smallest absolute Gasteiger partial charge is 0.426 e. The molecule has 0 N–H and O–H groups in total. The summed E-state index contributed by atoms with van der Waals surface area (Å²) in [6.07, 6.45) is 3.20.